The van der Waals surface area contributed by atoms with E-state index in [9.17, 15) is 18.0 Å². The van der Waals surface area contributed by atoms with E-state index in [1.54, 1.807) is 6.20 Å². The number of alkyl halides is 3. The molecule has 0 saturated carbocycles. The van der Waals surface area contributed by atoms with E-state index in [0.29, 0.717) is 32.7 Å². The zero-order valence-corrected chi connectivity index (χ0v) is 11.3. The maximum absolute atomic E-state index is 12.0. The first kappa shape index (κ1) is 15.6. The van der Waals surface area contributed by atoms with E-state index in [1.165, 1.54) is 4.90 Å². The van der Waals surface area contributed by atoms with Crippen molar-refractivity contribution in [1.29, 1.82) is 0 Å². The van der Waals surface area contributed by atoms with Gasteiger partial charge in [0.1, 0.15) is 0 Å². The zero-order valence-electron chi connectivity index (χ0n) is 11.3. The highest BCUT2D eigenvalue weighted by molar-refractivity contribution is 5.67. The minimum absolute atomic E-state index is 0.351. The molecule has 1 fully saturated rings. The molecule has 0 aliphatic carbocycles. The summed E-state index contributed by atoms with van der Waals surface area (Å²) in [6.07, 6.45) is -3.69. The van der Waals surface area contributed by atoms with Crippen molar-refractivity contribution in [2.75, 3.05) is 32.8 Å². The predicted octanol–water partition coefficient (Wildman–Crippen LogP) is 1.90. The van der Waals surface area contributed by atoms with Crippen LogP contribution in [0.2, 0.25) is 0 Å². The van der Waals surface area contributed by atoms with Gasteiger partial charge in [0.05, 0.1) is 5.69 Å². The number of carbonyl (C=O) groups excluding carboxylic acids is 1. The van der Waals surface area contributed by atoms with Crippen molar-refractivity contribution >= 4 is 6.09 Å². The summed E-state index contributed by atoms with van der Waals surface area (Å²) in [6, 6.07) is 5.63. The third-order valence-electron chi connectivity index (χ3n) is 3.10. The Morgan fingerprint density at radius 1 is 1.24 bits per heavy atom. The van der Waals surface area contributed by atoms with Gasteiger partial charge in [-0.1, -0.05) is 6.07 Å². The molecule has 1 aliphatic rings. The van der Waals surface area contributed by atoms with Gasteiger partial charge in [0.2, 0.25) is 0 Å². The van der Waals surface area contributed by atoms with Gasteiger partial charge in [-0.05, 0) is 12.1 Å². The SMILES string of the molecule is O=C(OCC(F)(F)F)N1CCN(Cc2ccccn2)CC1. The monoisotopic (exact) mass is 303 g/mol. The maximum Gasteiger partial charge on any atom is 0.422 e. The Bertz CT molecular complexity index is 459. The van der Waals surface area contributed by atoms with E-state index in [4.69, 9.17) is 0 Å². The molecule has 116 valence electrons. The highest BCUT2D eigenvalue weighted by Gasteiger charge is 2.31. The van der Waals surface area contributed by atoms with Crippen LogP contribution < -0.4 is 0 Å². The van der Waals surface area contributed by atoms with Crippen molar-refractivity contribution in [1.82, 2.24) is 14.8 Å². The Hall–Kier alpha value is -1.83. The van der Waals surface area contributed by atoms with Crippen LogP contribution in [0.25, 0.3) is 0 Å². The smallest absolute Gasteiger partial charge is 0.422 e. The number of nitrogens with zero attached hydrogens (tertiary/aromatic N) is 3. The Balaban J connectivity index is 1.74. The Kier molecular flexibility index (Phi) is 5.00. The highest BCUT2D eigenvalue weighted by Crippen LogP contribution is 2.15. The fraction of sp³-hybridized carbons (Fsp3) is 0.538. The molecule has 1 amide bonds. The third-order valence-corrected chi connectivity index (χ3v) is 3.10. The Morgan fingerprint density at radius 3 is 2.52 bits per heavy atom. The lowest BCUT2D eigenvalue weighted by atomic mass is 10.3. The first-order valence-corrected chi connectivity index (χ1v) is 6.55. The number of carbonyl (C=O) groups is 1. The number of halogens is 3. The largest absolute Gasteiger partial charge is 0.440 e. The number of ether oxygens (including phenoxy) is 1. The number of pyridine rings is 1. The number of amides is 1. The van der Waals surface area contributed by atoms with E-state index in [2.05, 4.69) is 14.6 Å². The molecule has 5 nitrogen and oxygen atoms in total. The van der Waals surface area contributed by atoms with Gasteiger partial charge < -0.3 is 9.64 Å². The van der Waals surface area contributed by atoms with Crippen molar-refractivity contribution in [3.63, 3.8) is 0 Å². The van der Waals surface area contributed by atoms with Crippen LogP contribution in [0.15, 0.2) is 24.4 Å². The summed E-state index contributed by atoms with van der Waals surface area (Å²) < 4.78 is 40.2. The molecule has 0 aromatic carbocycles. The average Bonchev–Trinajstić information content (AvgIpc) is 2.46. The van der Waals surface area contributed by atoms with Crippen molar-refractivity contribution in [2.24, 2.45) is 0 Å². The molecule has 0 radical (unpaired) electrons. The minimum atomic E-state index is -4.49. The maximum atomic E-state index is 12.0. The molecular weight excluding hydrogens is 287 g/mol. The molecular formula is C13H16F3N3O2. The van der Waals surface area contributed by atoms with Gasteiger partial charge in [0, 0.05) is 38.9 Å². The minimum Gasteiger partial charge on any atom is -0.440 e. The molecule has 0 N–H and O–H groups in total. The van der Waals surface area contributed by atoms with Crippen molar-refractivity contribution in [3.8, 4) is 0 Å². The molecule has 0 atom stereocenters. The number of hydrogen-bond acceptors (Lipinski definition) is 4. The van der Waals surface area contributed by atoms with Crippen LogP contribution in [0, 0.1) is 0 Å². The molecule has 8 heteroatoms. The summed E-state index contributed by atoms with van der Waals surface area (Å²) in [4.78, 5) is 19.1. The van der Waals surface area contributed by atoms with Crippen LogP contribution in [-0.4, -0.2) is 59.8 Å². The average molecular weight is 303 g/mol. The van der Waals surface area contributed by atoms with Crippen molar-refractivity contribution in [2.45, 2.75) is 12.7 Å². The van der Waals surface area contributed by atoms with Crippen LogP contribution in [-0.2, 0) is 11.3 Å². The summed E-state index contributed by atoms with van der Waals surface area (Å²) >= 11 is 0. The third kappa shape index (κ3) is 5.22. The quantitative estimate of drug-likeness (QED) is 0.855. The van der Waals surface area contributed by atoms with E-state index in [-0.39, 0.29) is 0 Å². The summed E-state index contributed by atoms with van der Waals surface area (Å²) in [6.45, 7) is 0.981. The Morgan fingerprint density at radius 2 is 1.95 bits per heavy atom. The second-order valence-corrected chi connectivity index (χ2v) is 4.75. The van der Waals surface area contributed by atoms with Crippen LogP contribution in [0.5, 0.6) is 0 Å². The molecule has 1 aromatic heterocycles. The molecule has 1 aromatic rings. The fourth-order valence-electron chi connectivity index (χ4n) is 2.04. The van der Waals surface area contributed by atoms with E-state index < -0.39 is 18.9 Å². The van der Waals surface area contributed by atoms with Gasteiger partial charge in [-0.15, -0.1) is 0 Å². The summed E-state index contributed by atoms with van der Waals surface area (Å²) in [7, 11) is 0. The lowest BCUT2D eigenvalue weighted by Crippen LogP contribution is -2.48. The second kappa shape index (κ2) is 6.75. The van der Waals surface area contributed by atoms with Gasteiger partial charge in [0.25, 0.3) is 0 Å². The summed E-state index contributed by atoms with van der Waals surface area (Å²) in [5, 5.41) is 0. The van der Waals surface area contributed by atoms with Crippen LogP contribution in [0.3, 0.4) is 0 Å². The lowest BCUT2D eigenvalue weighted by molar-refractivity contribution is -0.162. The van der Waals surface area contributed by atoms with Gasteiger partial charge in [0.15, 0.2) is 6.61 Å². The molecule has 2 heterocycles. The first-order valence-electron chi connectivity index (χ1n) is 6.55. The second-order valence-electron chi connectivity index (χ2n) is 4.75. The molecule has 2 rings (SSSR count). The molecule has 21 heavy (non-hydrogen) atoms. The fourth-order valence-corrected chi connectivity index (χ4v) is 2.04. The standard InChI is InChI=1S/C13H16F3N3O2/c14-13(15,16)10-21-12(20)19-7-5-18(6-8-19)9-11-3-1-2-4-17-11/h1-4H,5-10H2. The molecule has 0 bridgehead atoms. The highest BCUT2D eigenvalue weighted by atomic mass is 19.4. The number of piperazine rings is 1. The predicted molar refractivity (Wildman–Crippen MR) is 68.5 cm³/mol. The molecule has 0 spiro atoms. The molecule has 1 saturated heterocycles. The van der Waals surface area contributed by atoms with Gasteiger partial charge in [-0.3, -0.25) is 9.88 Å². The van der Waals surface area contributed by atoms with Gasteiger partial charge >= 0.3 is 12.3 Å². The van der Waals surface area contributed by atoms with Gasteiger partial charge in [-0.2, -0.15) is 13.2 Å². The number of rotatable bonds is 3. The number of hydrogen-bond donors (Lipinski definition) is 0. The van der Waals surface area contributed by atoms with Crippen LogP contribution in [0.4, 0.5) is 18.0 Å². The van der Waals surface area contributed by atoms with E-state index in [0.717, 1.165) is 5.69 Å². The van der Waals surface area contributed by atoms with Gasteiger partial charge in [-0.25, -0.2) is 4.79 Å². The van der Waals surface area contributed by atoms with E-state index in [1.807, 2.05) is 18.2 Å². The topological polar surface area (TPSA) is 45.7 Å². The van der Waals surface area contributed by atoms with Crippen molar-refractivity contribution < 1.29 is 22.7 Å². The first-order chi connectivity index (χ1) is 9.94. The summed E-state index contributed by atoms with van der Waals surface area (Å²) in [5.74, 6) is 0. The molecule has 0 unspecified atom stereocenters. The normalized spacial score (nSPS) is 16.8. The van der Waals surface area contributed by atoms with Crippen molar-refractivity contribution in [3.05, 3.63) is 30.1 Å². The number of aromatic nitrogens is 1. The van der Waals surface area contributed by atoms with E-state index >= 15 is 0 Å². The summed E-state index contributed by atoms with van der Waals surface area (Å²) in [5.41, 5.74) is 0.922. The zero-order chi connectivity index (χ0) is 15.3. The van der Waals surface area contributed by atoms with Crippen LogP contribution >= 0.6 is 0 Å². The Labute approximate surface area is 120 Å². The molecule has 1 aliphatic heterocycles. The lowest BCUT2D eigenvalue weighted by Gasteiger charge is -2.33. The van der Waals surface area contributed by atoms with Crippen LogP contribution in [0.1, 0.15) is 5.69 Å².